The molecule has 0 aromatic rings. The summed E-state index contributed by atoms with van der Waals surface area (Å²) in [5, 5.41) is 0. The van der Waals surface area contributed by atoms with Crippen LogP contribution in [0.5, 0.6) is 0 Å². The maximum Gasteiger partial charge on any atom is 0.434 e. The molecular weight excluding hydrogens is 615 g/mol. The molecule has 44 heavy (non-hydrogen) atoms. The first kappa shape index (κ1) is 38.0. The highest BCUT2D eigenvalue weighted by Crippen LogP contribution is 2.63. The maximum atomic E-state index is 12.9. The molecule has 4 saturated carbocycles. The highest BCUT2D eigenvalue weighted by atomic mass is 19.4. The van der Waals surface area contributed by atoms with Crippen molar-refractivity contribution < 1.29 is 68.1 Å². The molecule has 15 heteroatoms. The number of rotatable bonds is 8. The van der Waals surface area contributed by atoms with Crippen molar-refractivity contribution in [1.29, 1.82) is 0 Å². The second-order valence-electron chi connectivity index (χ2n) is 13.7. The molecule has 0 amide bonds. The topological polar surface area (TPSA) is 78.9 Å². The predicted octanol–water partition coefficient (Wildman–Crippen LogP) is 8.26. The second-order valence-corrected chi connectivity index (χ2v) is 13.7. The van der Waals surface area contributed by atoms with E-state index in [2.05, 4.69) is 9.47 Å². The molecule has 4 bridgehead atoms. The summed E-state index contributed by atoms with van der Waals surface area (Å²) in [6, 6.07) is 0. The van der Waals surface area contributed by atoms with E-state index in [-0.39, 0.29) is 31.1 Å². The monoisotopic (exact) mass is 656 g/mol. The van der Waals surface area contributed by atoms with E-state index >= 15 is 0 Å². The molecule has 0 N–H and O–H groups in total. The van der Waals surface area contributed by atoms with E-state index in [9.17, 15) is 53.9 Å². The predicted molar refractivity (Wildman–Crippen MR) is 138 cm³/mol. The van der Waals surface area contributed by atoms with Gasteiger partial charge >= 0.3 is 36.4 Å². The highest BCUT2D eigenvalue weighted by Gasteiger charge is 2.66. The third-order valence-electron chi connectivity index (χ3n) is 9.19. The van der Waals surface area contributed by atoms with Crippen molar-refractivity contribution >= 4 is 17.9 Å². The molecule has 0 aliphatic heterocycles. The third kappa shape index (κ3) is 8.73. The summed E-state index contributed by atoms with van der Waals surface area (Å²) in [4.78, 5) is 36.6. The highest BCUT2D eigenvalue weighted by molar-refractivity contribution is 5.79. The van der Waals surface area contributed by atoms with Crippen LogP contribution in [0.2, 0.25) is 0 Å². The van der Waals surface area contributed by atoms with Gasteiger partial charge in [0.05, 0.1) is 16.2 Å². The summed E-state index contributed by atoms with van der Waals surface area (Å²) >= 11 is 0. The summed E-state index contributed by atoms with van der Waals surface area (Å²) in [6.07, 6.45) is -19.4. The lowest BCUT2D eigenvalue weighted by molar-refractivity contribution is -0.318. The van der Waals surface area contributed by atoms with Crippen LogP contribution in [-0.2, 0) is 28.6 Å². The maximum absolute atomic E-state index is 12.9. The van der Waals surface area contributed by atoms with Gasteiger partial charge in [0.2, 0.25) is 0 Å². The van der Waals surface area contributed by atoms with E-state index in [1.807, 2.05) is 6.92 Å². The number of carbonyl (C=O) groups excluding carboxylic acids is 3. The van der Waals surface area contributed by atoms with E-state index < -0.39 is 70.5 Å². The summed E-state index contributed by atoms with van der Waals surface area (Å²) in [5.41, 5.74) is -4.18. The zero-order valence-corrected chi connectivity index (χ0v) is 25.8. The largest absolute Gasteiger partial charge is 0.459 e. The molecule has 4 aliphatic rings. The Morgan fingerprint density at radius 1 is 0.705 bits per heavy atom. The van der Waals surface area contributed by atoms with Crippen LogP contribution in [0.3, 0.4) is 0 Å². The Bertz CT molecular complexity index is 1030. The lowest BCUT2D eigenvalue weighted by Gasteiger charge is -2.60. The first-order chi connectivity index (χ1) is 19.6. The Balaban J connectivity index is 0.000000408. The first-order valence-electron chi connectivity index (χ1n) is 14.5. The number of ether oxygens (including phenoxy) is 3. The summed E-state index contributed by atoms with van der Waals surface area (Å²) < 4.78 is 128. The molecule has 4 rings (SSSR count). The summed E-state index contributed by atoms with van der Waals surface area (Å²) in [7, 11) is 0. The molecule has 0 spiro atoms. The van der Waals surface area contributed by atoms with E-state index in [1.54, 1.807) is 34.6 Å². The number of esters is 3. The van der Waals surface area contributed by atoms with Gasteiger partial charge in [-0.3, -0.25) is 14.4 Å². The van der Waals surface area contributed by atoms with Gasteiger partial charge in [0.15, 0.2) is 6.10 Å². The van der Waals surface area contributed by atoms with Crippen molar-refractivity contribution in [3.63, 3.8) is 0 Å². The van der Waals surface area contributed by atoms with Crippen molar-refractivity contribution in [1.82, 2.24) is 0 Å². The van der Waals surface area contributed by atoms with Gasteiger partial charge in [-0.1, -0.05) is 13.8 Å². The van der Waals surface area contributed by atoms with Crippen molar-refractivity contribution in [3.8, 4) is 0 Å². The van der Waals surface area contributed by atoms with Crippen molar-refractivity contribution in [2.45, 2.75) is 136 Å². The van der Waals surface area contributed by atoms with E-state index in [0.29, 0.717) is 32.1 Å². The van der Waals surface area contributed by atoms with Gasteiger partial charge in [-0.2, -0.15) is 39.5 Å². The Morgan fingerprint density at radius 2 is 1.14 bits per heavy atom. The normalized spacial score (nSPS) is 27.8. The van der Waals surface area contributed by atoms with Crippen molar-refractivity contribution in [2.75, 3.05) is 0 Å². The second kappa shape index (κ2) is 12.5. The van der Waals surface area contributed by atoms with Crippen LogP contribution in [0.15, 0.2) is 0 Å². The van der Waals surface area contributed by atoms with Gasteiger partial charge in [-0.05, 0) is 91.4 Å². The number of carbonyl (C=O) groups is 3. The molecule has 0 heterocycles. The molecule has 0 radical (unpaired) electrons. The molecule has 4 fully saturated rings. The van der Waals surface area contributed by atoms with Gasteiger partial charge in [-0.25, -0.2) is 0 Å². The minimum absolute atomic E-state index is 0.0974. The fourth-order valence-electron chi connectivity index (χ4n) is 6.10. The van der Waals surface area contributed by atoms with Crippen LogP contribution in [0.1, 0.15) is 99.8 Å². The zero-order chi connectivity index (χ0) is 34.3. The molecular formula is C29H41F9O6. The number of alkyl halides is 9. The lowest BCUT2D eigenvalue weighted by Crippen LogP contribution is -2.61. The molecule has 4 aliphatic carbocycles. The molecule has 256 valence electrons. The Morgan fingerprint density at radius 3 is 1.52 bits per heavy atom. The van der Waals surface area contributed by atoms with Gasteiger partial charge < -0.3 is 14.2 Å². The van der Waals surface area contributed by atoms with Crippen LogP contribution in [0.25, 0.3) is 0 Å². The van der Waals surface area contributed by atoms with Gasteiger partial charge in [0, 0.05) is 6.42 Å². The summed E-state index contributed by atoms with van der Waals surface area (Å²) in [5.74, 6) is -2.99. The smallest absolute Gasteiger partial charge is 0.434 e. The van der Waals surface area contributed by atoms with E-state index in [4.69, 9.17) is 4.74 Å². The molecule has 6 nitrogen and oxygen atoms in total. The van der Waals surface area contributed by atoms with Crippen LogP contribution in [0.4, 0.5) is 39.5 Å². The average molecular weight is 657 g/mol. The number of hydrogen-bond acceptors (Lipinski definition) is 6. The molecule has 3 unspecified atom stereocenters. The molecule has 0 aromatic heterocycles. The fraction of sp³-hybridized carbons (Fsp3) is 0.897. The average Bonchev–Trinajstić information content (AvgIpc) is 2.84. The number of halogens is 9. The Labute approximate surface area is 250 Å². The zero-order valence-electron chi connectivity index (χ0n) is 25.8. The van der Waals surface area contributed by atoms with Crippen LogP contribution < -0.4 is 0 Å². The van der Waals surface area contributed by atoms with E-state index in [1.165, 1.54) is 0 Å². The SMILES string of the molecule is CCC(C)(C)C(=O)OC(C)C(F)(F)F.CCC(C)(C)C(=O)OC12CC3CC(C1)CC(C(=O)OC(C(F)(F)F)C(F)(F)F)(C3)C2. The van der Waals surface area contributed by atoms with Crippen LogP contribution in [0, 0.1) is 28.1 Å². The Hall–Kier alpha value is -2.22. The molecule has 0 saturated heterocycles. The standard InChI is InChI=1S/C20H26F6O4.C9H15F3O2/c1-4-16(2,3)14(27)30-18-8-11-5-12(9-18)7-17(6-11,10-18)15(28)29-13(19(21,22)23)20(24,25)26;1-5-8(3,4)7(13)14-6(2)9(10,11)12/h11-13H,4-10H2,1-3H3;6H,5H2,1-4H3. The first-order valence-corrected chi connectivity index (χ1v) is 14.5. The van der Waals surface area contributed by atoms with Gasteiger partial charge in [-0.15, -0.1) is 0 Å². The quantitative estimate of drug-likeness (QED) is 0.149. The summed E-state index contributed by atoms with van der Waals surface area (Å²) in [6.45, 7) is 10.9. The van der Waals surface area contributed by atoms with Crippen LogP contribution in [-0.4, -0.2) is 54.2 Å². The van der Waals surface area contributed by atoms with Crippen molar-refractivity contribution in [2.24, 2.45) is 28.1 Å². The number of hydrogen-bond donors (Lipinski definition) is 0. The minimum Gasteiger partial charge on any atom is -0.459 e. The minimum atomic E-state index is -5.76. The third-order valence-corrected chi connectivity index (χ3v) is 9.19. The van der Waals surface area contributed by atoms with Gasteiger partial charge in [0.25, 0.3) is 6.10 Å². The lowest BCUT2D eigenvalue weighted by atomic mass is 9.48. The Kier molecular flexibility index (Phi) is 10.8. The fourth-order valence-corrected chi connectivity index (χ4v) is 6.10. The van der Waals surface area contributed by atoms with Gasteiger partial charge in [0.1, 0.15) is 5.60 Å². The molecule has 0 aromatic carbocycles. The van der Waals surface area contributed by atoms with Crippen molar-refractivity contribution in [3.05, 3.63) is 0 Å². The van der Waals surface area contributed by atoms with E-state index in [0.717, 1.165) is 6.92 Å². The molecule has 3 atom stereocenters. The van der Waals surface area contributed by atoms with Crippen LogP contribution >= 0.6 is 0 Å².